The largest absolute Gasteiger partial charge is 0.381 e. The van der Waals surface area contributed by atoms with E-state index in [2.05, 4.69) is 5.32 Å². The van der Waals surface area contributed by atoms with Crippen LogP contribution in [0.5, 0.6) is 0 Å². The average molecular weight is 331 g/mol. The first-order chi connectivity index (χ1) is 9.98. The van der Waals surface area contributed by atoms with E-state index >= 15 is 0 Å². The van der Waals surface area contributed by atoms with E-state index in [0.29, 0.717) is 42.6 Å². The Balaban J connectivity index is 2.10. The van der Waals surface area contributed by atoms with Gasteiger partial charge >= 0.3 is 0 Å². The Morgan fingerprint density at radius 1 is 1.43 bits per heavy atom. The predicted molar refractivity (Wildman–Crippen MR) is 84.6 cm³/mol. The number of ether oxygens (including phenoxy) is 1. The molecule has 2 rings (SSSR count). The summed E-state index contributed by atoms with van der Waals surface area (Å²) >= 11 is 12.1. The molecule has 1 amide bonds. The third kappa shape index (κ3) is 3.69. The van der Waals surface area contributed by atoms with Crippen LogP contribution in [0.4, 0.5) is 0 Å². The van der Waals surface area contributed by atoms with Crippen LogP contribution in [0.25, 0.3) is 0 Å². The molecule has 1 aromatic rings. The molecule has 0 bridgehead atoms. The lowest BCUT2D eigenvalue weighted by Crippen LogP contribution is -2.49. The van der Waals surface area contributed by atoms with Crippen LogP contribution in [0.3, 0.4) is 0 Å². The van der Waals surface area contributed by atoms with Crippen LogP contribution in [0.2, 0.25) is 10.0 Å². The van der Waals surface area contributed by atoms with Gasteiger partial charge < -0.3 is 15.8 Å². The number of hydrogen-bond donors (Lipinski definition) is 2. The van der Waals surface area contributed by atoms with Crippen LogP contribution in [0.1, 0.15) is 31.4 Å². The molecule has 4 nitrogen and oxygen atoms in total. The summed E-state index contributed by atoms with van der Waals surface area (Å²) in [6, 6.07) is 5.06. The van der Waals surface area contributed by atoms with Crippen molar-refractivity contribution in [2.45, 2.75) is 25.8 Å². The highest BCUT2D eigenvalue weighted by molar-refractivity contribution is 6.35. The summed E-state index contributed by atoms with van der Waals surface area (Å²) in [6.07, 6.45) is 1.30. The quantitative estimate of drug-likeness (QED) is 0.892. The Morgan fingerprint density at radius 3 is 2.67 bits per heavy atom. The average Bonchev–Trinajstić information content (AvgIpc) is 2.47. The smallest absolute Gasteiger partial charge is 0.228 e. The molecule has 0 spiro atoms. The molecule has 0 radical (unpaired) electrons. The van der Waals surface area contributed by atoms with Gasteiger partial charge in [-0.2, -0.15) is 0 Å². The normalized spacial score (nSPS) is 19.0. The summed E-state index contributed by atoms with van der Waals surface area (Å²) in [6.45, 7) is 3.36. The number of carbonyl (C=O) groups is 1. The maximum Gasteiger partial charge on any atom is 0.228 e. The zero-order valence-electron chi connectivity index (χ0n) is 12.0. The maximum atomic E-state index is 12.6. The minimum Gasteiger partial charge on any atom is -0.381 e. The summed E-state index contributed by atoms with van der Waals surface area (Å²) in [5.41, 5.74) is 6.15. The molecule has 6 heteroatoms. The van der Waals surface area contributed by atoms with Crippen LogP contribution >= 0.6 is 23.2 Å². The van der Waals surface area contributed by atoms with Crippen molar-refractivity contribution in [3.8, 4) is 0 Å². The van der Waals surface area contributed by atoms with Gasteiger partial charge in [0.15, 0.2) is 0 Å². The minimum atomic E-state index is -0.536. The number of rotatable bonds is 4. The number of carbonyl (C=O) groups excluding carboxylic acids is 1. The monoisotopic (exact) mass is 330 g/mol. The molecule has 1 unspecified atom stereocenters. The van der Waals surface area contributed by atoms with Gasteiger partial charge in [0.25, 0.3) is 0 Å². The van der Waals surface area contributed by atoms with Crippen molar-refractivity contribution >= 4 is 29.1 Å². The number of amides is 1. The third-order valence-electron chi connectivity index (χ3n) is 4.10. The highest BCUT2D eigenvalue weighted by atomic mass is 35.5. The summed E-state index contributed by atoms with van der Waals surface area (Å²) in [4.78, 5) is 12.6. The van der Waals surface area contributed by atoms with Crippen LogP contribution in [0, 0.1) is 5.41 Å². The second-order valence-corrected chi connectivity index (χ2v) is 6.30. The molecule has 0 aromatic heterocycles. The van der Waals surface area contributed by atoms with Crippen LogP contribution in [0.15, 0.2) is 18.2 Å². The van der Waals surface area contributed by atoms with Gasteiger partial charge in [0.2, 0.25) is 5.91 Å². The van der Waals surface area contributed by atoms with Crippen LogP contribution < -0.4 is 11.1 Å². The fraction of sp³-hybridized carbons (Fsp3) is 0.533. The van der Waals surface area contributed by atoms with Crippen molar-refractivity contribution in [2.75, 3.05) is 19.8 Å². The molecule has 116 valence electrons. The molecule has 1 aliphatic rings. The van der Waals surface area contributed by atoms with Gasteiger partial charge in [-0.25, -0.2) is 0 Å². The van der Waals surface area contributed by atoms with E-state index < -0.39 is 5.41 Å². The molecule has 21 heavy (non-hydrogen) atoms. The van der Waals surface area contributed by atoms with E-state index in [9.17, 15) is 4.79 Å². The number of hydrogen-bond acceptors (Lipinski definition) is 3. The molecule has 0 aliphatic carbocycles. The van der Waals surface area contributed by atoms with Crippen LogP contribution in [-0.2, 0) is 9.53 Å². The molecule has 3 N–H and O–H groups in total. The van der Waals surface area contributed by atoms with Gasteiger partial charge in [0, 0.05) is 29.8 Å². The van der Waals surface area contributed by atoms with Gasteiger partial charge in [-0.1, -0.05) is 29.3 Å². The lowest BCUT2D eigenvalue weighted by Gasteiger charge is -2.35. The predicted octanol–water partition coefficient (Wildman–Crippen LogP) is 2.93. The molecular formula is C15H20Cl2N2O2. The van der Waals surface area contributed by atoms with Crippen molar-refractivity contribution in [1.29, 1.82) is 0 Å². The van der Waals surface area contributed by atoms with Crippen molar-refractivity contribution in [2.24, 2.45) is 11.1 Å². The van der Waals surface area contributed by atoms with Crippen molar-refractivity contribution in [3.05, 3.63) is 33.8 Å². The zero-order valence-corrected chi connectivity index (χ0v) is 13.5. The molecule has 1 fully saturated rings. The van der Waals surface area contributed by atoms with E-state index in [1.807, 2.05) is 13.0 Å². The van der Waals surface area contributed by atoms with E-state index in [4.69, 9.17) is 33.7 Å². The summed E-state index contributed by atoms with van der Waals surface area (Å²) < 4.78 is 5.33. The summed E-state index contributed by atoms with van der Waals surface area (Å²) in [5, 5.41) is 4.14. The highest BCUT2D eigenvalue weighted by Crippen LogP contribution is 2.32. The molecular weight excluding hydrogens is 311 g/mol. The zero-order chi connectivity index (χ0) is 15.5. The number of benzene rings is 1. The van der Waals surface area contributed by atoms with E-state index in [1.165, 1.54) is 0 Å². The lowest BCUT2D eigenvalue weighted by molar-refractivity contribution is -0.136. The fourth-order valence-electron chi connectivity index (χ4n) is 2.57. The van der Waals surface area contributed by atoms with Gasteiger partial charge in [-0.3, -0.25) is 4.79 Å². The molecule has 1 saturated heterocycles. The van der Waals surface area contributed by atoms with E-state index in [-0.39, 0.29) is 11.9 Å². The summed E-state index contributed by atoms with van der Waals surface area (Å²) in [7, 11) is 0. The molecule has 1 atom stereocenters. The second-order valence-electron chi connectivity index (χ2n) is 5.46. The van der Waals surface area contributed by atoms with Gasteiger partial charge in [0.1, 0.15) is 0 Å². The Hall–Kier alpha value is -0.810. The third-order valence-corrected chi connectivity index (χ3v) is 4.66. The summed E-state index contributed by atoms with van der Waals surface area (Å²) in [5.74, 6) is -0.0354. The number of halogens is 2. The topological polar surface area (TPSA) is 64.4 Å². The fourth-order valence-corrected chi connectivity index (χ4v) is 3.14. The number of nitrogens with one attached hydrogen (secondary N) is 1. The van der Waals surface area contributed by atoms with E-state index in [1.54, 1.807) is 12.1 Å². The SMILES string of the molecule is CC(NC(=O)C1(CN)CCOCC1)c1ccc(Cl)cc1Cl. The van der Waals surface area contributed by atoms with Crippen molar-refractivity contribution in [1.82, 2.24) is 5.32 Å². The highest BCUT2D eigenvalue weighted by Gasteiger charge is 2.39. The Morgan fingerprint density at radius 2 is 2.10 bits per heavy atom. The lowest BCUT2D eigenvalue weighted by atomic mass is 9.79. The molecule has 1 aliphatic heterocycles. The maximum absolute atomic E-state index is 12.6. The van der Waals surface area contributed by atoms with Gasteiger partial charge in [0.05, 0.1) is 11.5 Å². The molecule has 0 saturated carbocycles. The number of nitrogens with two attached hydrogens (primary N) is 1. The van der Waals surface area contributed by atoms with Gasteiger partial charge in [-0.15, -0.1) is 0 Å². The Labute approximate surface area is 134 Å². The first-order valence-corrected chi connectivity index (χ1v) is 7.78. The van der Waals surface area contributed by atoms with Crippen molar-refractivity contribution in [3.63, 3.8) is 0 Å². The minimum absolute atomic E-state index is 0.0354. The molecule has 1 heterocycles. The first kappa shape index (κ1) is 16.6. The van der Waals surface area contributed by atoms with Crippen molar-refractivity contribution < 1.29 is 9.53 Å². The Bertz CT molecular complexity index is 516. The van der Waals surface area contributed by atoms with E-state index in [0.717, 1.165) is 5.56 Å². The second kappa shape index (κ2) is 6.97. The van der Waals surface area contributed by atoms with Crippen LogP contribution in [-0.4, -0.2) is 25.7 Å². The van der Waals surface area contributed by atoms with Gasteiger partial charge in [-0.05, 0) is 37.5 Å². The Kier molecular flexibility index (Phi) is 5.49. The standard InChI is InChI=1S/C15H20Cl2N2O2/c1-10(12-3-2-11(16)8-13(12)17)19-14(20)15(9-18)4-6-21-7-5-15/h2-3,8,10H,4-7,9,18H2,1H3,(H,19,20). The molecule has 1 aromatic carbocycles. The first-order valence-electron chi connectivity index (χ1n) is 7.02.